The molecule has 0 unspecified atom stereocenters. The zero-order chi connectivity index (χ0) is 20.3. The summed E-state index contributed by atoms with van der Waals surface area (Å²) in [6, 6.07) is 17.5. The highest BCUT2D eigenvalue weighted by Crippen LogP contribution is 2.19. The van der Waals surface area contributed by atoms with Crippen molar-refractivity contribution in [2.24, 2.45) is 0 Å². The van der Waals surface area contributed by atoms with Gasteiger partial charge in [0.1, 0.15) is 12.4 Å². The number of carbonyl (C=O) groups excluding carboxylic acids is 1. The number of anilines is 2. The summed E-state index contributed by atoms with van der Waals surface area (Å²) in [4.78, 5) is 20.4. The van der Waals surface area contributed by atoms with Crippen LogP contribution in [-0.4, -0.2) is 36.1 Å². The van der Waals surface area contributed by atoms with E-state index in [-0.39, 0.29) is 5.91 Å². The van der Waals surface area contributed by atoms with E-state index in [4.69, 9.17) is 9.47 Å². The van der Waals surface area contributed by atoms with Crippen LogP contribution in [0.4, 0.5) is 11.6 Å². The van der Waals surface area contributed by atoms with E-state index in [1.165, 1.54) is 12.4 Å². The number of carbonyl (C=O) groups is 1. The fourth-order valence-corrected chi connectivity index (χ4v) is 2.53. The minimum Gasteiger partial charge on any atom is -0.489 e. The predicted molar refractivity (Wildman–Crippen MR) is 111 cm³/mol. The second kappa shape index (κ2) is 10.8. The Hall–Kier alpha value is -3.45. The third kappa shape index (κ3) is 6.58. The Bertz CT molecular complexity index is 884. The number of aromatic nitrogens is 2. The largest absolute Gasteiger partial charge is 0.489 e. The summed E-state index contributed by atoms with van der Waals surface area (Å²) in [6.45, 7) is 1.67. The first kappa shape index (κ1) is 20.3. The molecule has 0 aliphatic rings. The summed E-state index contributed by atoms with van der Waals surface area (Å²) < 4.78 is 10.7. The lowest BCUT2D eigenvalue weighted by Gasteiger charge is -2.09. The van der Waals surface area contributed by atoms with Crippen LogP contribution in [0.2, 0.25) is 0 Å². The maximum Gasteiger partial charge on any atom is 0.254 e. The van der Waals surface area contributed by atoms with Crippen molar-refractivity contribution in [1.82, 2.24) is 15.3 Å². The van der Waals surface area contributed by atoms with Crippen LogP contribution in [0, 0.1) is 0 Å². The average Bonchev–Trinajstić information content (AvgIpc) is 2.77. The van der Waals surface area contributed by atoms with Gasteiger partial charge in [-0.15, -0.1) is 0 Å². The summed E-state index contributed by atoms with van der Waals surface area (Å²) in [7, 11) is 1.63. The summed E-state index contributed by atoms with van der Waals surface area (Å²) in [5, 5.41) is 5.90. The lowest BCUT2D eigenvalue weighted by molar-refractivity contribution is 0.0948. The number of hydrogen-bond acceptors (Lipinski definition) is 6. The molecule has 0 saturated carbocycles. The number of benzene rings is 2. The molecule has 2 N–H and O–H groups in total. The summed E-state index contributed by atoms with van der Waals surface area (Å²) in [6.07, 6.45) is 3.75. The highest BCUT2D eigenvalue weighted by molar-refractivity contribution is 5.93. The number of nitrogens with zero attached hydrogens (tertiary/aromatic N) is 2. The lowest BCUT2D eigenvalue weighted by Crippen LogP contribution is -2.25. The first-order valence-corrected chi connectivity index (χ1v) is 9.37. The van der Waals surface area contributed by atoms with Gasteiger partial charge in [0.05, 0.1) is 5.56 Å². The van der Waals surface area contributed by atoms with Gasteiger partial charge >= 0.3 is 0 Å². The maximum absolute atomic E-state index is 12.0. The molecule has 0 aliphatic carbocycles. The van der Waals surface area contributed by atoms with E-state index >= 15 is 0 Å². The molecule has 0 atom stereocenters. The van der Waals surface area contributed by atoms with Crippen molar-refractivity contribution in [3.8, 4) is 5.75 Å². The fraction of sp³-hybridized carbons (Fsp3) is 0.227. The van der Waals surface area contributed by atoms with Gasteiger partial charge in [-0.3, -0.25) is 4.79 Å². The fourth-order valence-electron chi connectivity index (χ4n) is 2.53. The van der Waals surface area contributed by atoms with Crippen molar-refractivity contribution in [3.63, 3.8) is 0 Å². The van der Waals surface area contributed by atoms with E-state index in [1.807, 2.05) is 54.6 Å². The van der Waals surface area contributed by atoms with E-state index in [1.54, 1.807) is 7.11 Å². The second-order valence-corrected chi connectivity index (χ2v) is 6.32. The van der Waals surface area contributed by atoms with Crippen molar-refractivity contribution < 1.29 is 14.3 Å². The van der Waals surface area contributed by atoms with Crippen LogP contribution in [0.5, 0.6) is 5.75 Å². The van der Waals surface area contributed by atoms with Crippen LogP contribution in [0.25, 0.3) is 0 Å². The molecule has 1 amide bonds. The molecule has 7 heteroatoms. The van der Waals surface area contributed by atoms with Crippen molar-refractivity contribution >= 4 is 17.5 Å². The number of rotatable bonds is 10. The molecule has 0 fully saturated rings. The number of nitrogens with one attached hydrogen (secondary N) is 2. The minimum absolute atomic E-state index is 0.201. The molecule has 2 aromatic carbocycles. The number of methoxy groups -OCH3 is 1. The minimum atomic E-state index is -0.201. The summed E-state index contributed by atoms with van der Waals surface area (Å²) in [5.41, 5.74) is 2.36. The molecule has 3 rings (SSSR count). The third-order valence-electron chi connectivity index (χ3n) is 4.08. The highest BCUT2D eigenvalue weighted by atomic mass is 16.5. The smallest absolute Gasteiger partial charge is 0.254 e. The monoisotopic (exact) mass is 392 g/mol. The van der Waals surface area contributed by atoms with Gasteiger partial charge in [-0.05, 0) is 36.2 Å². The third-order valence-corrected chi connectivity index (χ3v) is 4.08. The van der Waals surface area contributed by atoms with Gasteiger partial charge in [0.15, 0.2) is 0 Å². The topological polar surface area (TPSA) is 85.4 Å². The molecule has 3 aromatic rings. The molecule has 29 heavy (non-hydrogen) atoms. The van der Waals surface area contributed by atoms with Crippen LogP contribution in [0.15, 0.2) is 67.0 Å². The Morgan fingerprint density at radius 2 is 1.72 bits per heavy atom. The van der Waals surface area contributed by atoms with Gasteiger partial charge in [0.2, 0.25) is 5.95 Å². The van der Waals surface area contributed by atoms with Gasteiger partial charge in [-0.25, -0.2) is 9.97 Å². The molecule has 0 aliphatic heterocycles. The molecule has 0 spiro atoms. The van der Waals surface area contributed by atoms with Gasteiger partial charge in [-0.1, -0.05) is 30.3 Å². The van der Waals surface area contributed by atoms with Gasteiger partial charge in [0, 0.05) is 38.3 Å². The quantitative estimate of drug-likeness (QED) is 0.513. The highest BCUT2D eigenvalue weighted by Gasteiger charge is 2.07. The van der Waals surface area contributed by atoms with E-state index in [0.717, 1.165) is 23.4 Å². The molecule has 1 aromatic heterocycles. The van der Waals surface area contributed by atoms with Crippen molar-refractivity contribution in [2.45, 2.75) is 13.0 Å². The molecule has 1 heterocycles. The predicted octanol–water partition coefficient (Wildman–Crippen LogP) is 3.57. The van der Waals surface area contributed by atoms with E-state index in [9.17, 15) is 4.79 Å². The lowest BCUT2D eigenvalue weighted by atomic mass is 10.2. The Morgan fingerprint density at radius 1 is 1.00 bits per heavy atom. The van der Waals surface area contributed by atoms with Gasteiger partial charge in [0.25, 0.3) is 5.91 Å². The van der Waals surface area contributed by atoms with Crippen LogP contribution in [0.3, 0.4) is 0 Å². The van der Waals surface area contributed by atoms with E-state index in [0.29, 0.717) is 31.3 Å². The SMILES string of the molecule is COCCCNC(=O)c1cnc(Nc2ccc(OCc3ccccc3)cc2)nc1. The van der Waals surface area contributed by atoms with E-state index < -0.39 is 0 Å². The maximum atomic E-state index is 12.0. The molecular formula is C22H24N4O3. The van der Waals surface area contributed by atoms with Crippen LogP contribution < -0.4 is 15.4 Å². The molecule has 0 bridgehead atoms. The first-order chi connectivity index (χ1) is 14.2. The summed E-state index contributed by atoms with van der Waals surface area (Å²) in [5.74, 6) is 0.993. The molecule has 7 nitrogen and oxygen atoms in total. The normalized spacial score (nSPS) is 10.4. The number of hydrogen-bond donors (Lipinski definition) is 2. The number of ether oxygens (including phenoxy) is 2. The van der Waals surface area contributed by atoms with Crippen LogP contribution >= 0.6 is 0 Å². The van der Waals surface area contributed by atoms with Crippen molar-refractivity contribution in [2.75, 3.05) is 25.6 Å². The zero-order valence-corrected chi connectivity index (χ0v) is 16.3. The first-order valence-electron chi connectivity index (χ1n) is 9.37. The molecule has 150 valence electrons. The van der Waals surface area contributed by atoms with Crippen molar-refractivity contribution in [1.29, 1.82) is 0 Å². The van der Waals surface area contributed by atoms with E-state index in [2.05, 4.69) is 20.6 Å². The number of amides is 1. The second-order valence-electron chi connectivity index (χ2n) is 6.32. The Morgan fingerprint density at radius 3 is 2.41 bits per heavy atom. The Labute approximate surface area is 170 Å². The van der Waals surface area contributed by atoms with Crippen molar-refractivity contribution in [3.05, 3.63) is 78.1 Å². The zero-order valence-electron chi connectivity index (χ0n) is 16.3. The van der Waals surface area contributed by atoms with Gasteiger partial charge < -0.3 is 20.1 Å². The molecule has 0 saturated heterocycles. The summed E-state index contributed by atoms with van der Waals surface area (Å²) >= 11 is 0. The standard InChI is InChI=1S/C22H24N4O3/c1-28-13-5-12-23-21(27)18-14-24-22(25-15-18)26-19-8-10-20(11-9-19)29-16-17-6-3-2-4-7-17/h2-4,6-11,14-15H,5,12-13,16H2,1H3,(H,23,27)(H,24,25,26). The molecule has 0 radical (unpaired) electrons. The average molecular weight is 392 g/mol. The van der Waals surface area contributed by atoms with Gasteiger partial charge in [-0.2, -0.15) is 0 Å². The van der Waals surface area contributed by atoms with Crippen LogP contribution in [0.1, 0.15) is 22.3 Å². The Kier molecular flexibility index (Phi) is 7.54. The van der Waals surface area contributed by atoms with Crippen LogP contribution in [-0.2, 0) is 11.3 Å². The molecular weight excluding hydrogens is 368 g/mol. The Balaban J connectivity index is 1.49.